The van der Waals surface area contributed by atoms with Crippen LogP contribution in [0.25, 0.3) is 10.4 Å². The third-order valence-corrected chi connectivity index (χ3v) is 5.20. The van der Waals surface area contributed by atoms with Crippen LogP contribution in [0.5, 0.6) is 0 Å². The Morgan fingerprint density at radius 1 is 1.41 bits per heavy atom. The molecular formula is C16H14IN5O5. The summed E-state index contributed by atoms with van der Waals surface area (Å²) in [4.78, 5) is 40.9. The van der Waals surface area contributed by atoms with Crippen molar-refractivity contribution in [2.24, 2.45) is 5.11 Å². The topological polar surface area (TPSA) is 139 Å². The van der Waals surface area contributed by atoms with E-state index in [1.165, 1.54) is 6.20 Å². The van der Waals surface area contributed by atoms with Crippen molar-refractivity contribution >= 4 is 28.6 Å². The van der Waals surface area contributed by atoms with Gasteiger partial charge >= 0.3 is 11.7 Å². The number of carbonyl (C=O) groups is 1. The Balaban J connectivity index is 1.97. The summed E-state index contributed by atoms with van der Waals surface area (Å²) in [5.41, 5.74) is 6.63. The summed E-state index contributed by atoms with van der Waals surface area (Å²) in [6.07, 6.45) is -0.646. The van der Waals surface area contributed by atoms with Gasteiger partial charge in [-0.2, -0.15) is 0 Å². The van der Waals surface area contributed by atoms with Crippen molar-refractivity contribution in [2.75, 3.05) is 4.43 Å². The van der Waals surface area contributed by atoms with E-state index in [1.807, 2.05) is 22.6 Å². The number of aromatic amines is 1. The molecule has 2 heterocycles. The molecule has 1 aliphatic heterocycles. The molecule has 1 aromatic carbocycles. The van der Waals surface area contributed by atoms with Crippen molar-refractivity contribution in [1.82, 2.24) is 9.55 Å². The number of hydrogen-bond acceptors (Lipinski definition) is 6. The maximum absolute atomic E-state index is 12.4. The van der Waals surface area contributed by atoms with E-state index >= 15 is 0 Å². The average molecular weight is 483 g/mol. The minimum Gasteiger partial charge on any atom is -0.454 e. The van der Waals surface area contributed by atoms with Gasteiger partial charge in [-0.05, 0) is 17.7 Å². The van der Waals surface area contributed by atoms with E-state index in [0.29, 0.717) is 5.56 Å². The molecule has 0 radical (unpaired) electrons. The van der Waals surface area contributed by atoms with Crippen LogP contribution in [0.15, 0.2) is 57.3 Å². The molecule has 0 bridgehead atoms. The molecule has 0 spiro atoms. The van der Waals surface area contributed by atoms with Gasteiger partial charge in [-0.3, -0.25) is 14.3 Å². The van der Waals surface area contributed by atoms with Crippen molar-refractivity contribution in [3.8, 4) is 0 Å². The molecule has 1 N–H and O–H groups in total. The van der Waals surface area contributed by atoms with Crippen LogP contribution in [0.3, 0.4) is 0 Å². The number of H-pyrrole nitrogens is 1. The van der Waals surface area contributed by atoms with E-state index in [0.717, 1.165) is 10.6 Å². The maximum Gasteiger partial charge on any atom is 0.338 e. The number of ether oxygens (including phenoxy) is 2. The first-order valence-electron chi connectivity index (χ1n) is 7.85. The summed E-state index contributed by atoms with van der Waals surface area (Å²) in [6, 6.07) is 9.50. The predicted octanol–water partition coefficient (Wildman–Crippen LogP) is 2.12. The zero-order valence-electron chi connectivity index (χ0n) is 13.8. The molecule has 27 heavy (non-hydrogen) atoms. The van der Waals surface area contributed by atoms with Gasteiger partial charge in [0, 0.05) is 28.0 Å². The number of carbonyl (C=O) groups excluding carboxylic acids is 1. The molecule has 1 saturated heterocycles. The zero-order chi connectivity index (χ0) is 19.4. The number of esters is 1. The van der Waals surface area contributed by atoms with Gasteiger partial charge in [0.15, 0.2) is 18.1 Å². The second-order valence-electron chi connectivity index (χ2n) is 5.81. The normalized spacial score (nSPS) is 24.2. The van der Waals surface area contributed by atoms with Crippen LogP contribution >= 0.6 is 22.6 Å². The third kappa shape index (κ3) is 4.04. The molecule has 1 aliphatic rings. The molecule has 1 aromatic heterocycles. The Labute approximate surface area is 165 Å². The summed E-state index contributed by atoms with van der Waals surface area (Å²) in [7, 11) is 0. The summed E-state index contributed by atoms with van der Waals surface area (Å²) < 4.78 is 12.8. The summed E-state index contributed by atoms with van der Waals surface area (Å²) in [6.45, 7) is 0. The smallest absolute Gasteiger partial charge is 0.338 e. The van der Waals surface area contributed by atoms with Crippen molar-refractivity contribution < 1.29 is 14.3 Å². The average Bonchev–Trinajstić information content (AvgIpc) is 3.01. The maximum atomic E-state index is 12.4. The molecule has 10 nitrogen and oxygen atoms in total. The lowest BCUT2D eigenvalue weighted by Crippen LogP contribution is -2.36. The first-order valence-corrected chi connectivity index (χ1v) is 9.38. The molecule has 3 atom stereocenters. The Kier molecular flexibility index (Phi) is 5.63. The van der Waals surface area contributed by atoms with Crippen LogP contribution in [0.4, 0.5) is 0 Å². The summed E-state index contributed by atoms with van der Waals surface area (Å²) >= 11 is 1.99. The van der Waals surface area contributed by atoms with Gasteiger partial charge in [0.25, 0.3) is 5.56 Å². The molecule has 0 aliphatic carbocycles. The Hall–Kier alpha value is -2.63. The van der Waals surface area contributed by atoms with Crippen LogP contribution < -0.4 is 11.2 Å². The number of benzene rings is 1. The van der Waals surface area contributed by atoms with E-state index in [4.69, 9.17) is 15.0 Å². The molecule has 2 aromatic rings. The van der Waals surface area contributed by atoms with Crippen molar-refractivity contribution in [3.63, 3.8) is 0 Å². The molecule has 11 heteroatoms. The molecular weight excluding hydrogens is 469 g/mol. The minimum absolute atomic E-state index is 0.0643. The Morgan fingerprint density at radius 3 is 2.78 bits per heavy atom. The first-order chi connectivity index (χ1) is 13.0. The molecule has 0 unspecified atom stereocenters. The van der Waals surface area contributed by atoms with Gasteiger partial charge in [0.2, 0.25) is 0 Å². The van der Waals surface area contributed by atoms with Crippen molar-refractivity contribution in [1.29, 1.82) is 0 Å². The lowest BCUT2D eigenvalue weighted by Gasteiger charge is -2.22. The fourth-order valence-corrected chi connectivity index (χ4v) is 3.41. The highest BCUT2D eigenvalue weighted by molar-refractivity contribution is 14.1. The minimum atomic E-state index is -1.28. The lowest BCUT2D eigenvalue weighted by molar-refractivity contribution is -0.0797. The second kappa shape index (κ2) is 7.94. The standard InChI is InChI=1S/C16H14IN5O5/c17-9-16(20-21-18)8-11(26-14(24)10-4-2-1-3-5-10)13(27-16)22-7-6-12(23)19-15(22)25/h1-7,11,13H,8-9H2,(H,19,23,25)/t11-,13-,16+/m1/s1. The molecule has 1 fully saturated rings. The van der Waals surface area contributed by atoms with Crippen molar-refractivity contribution in [2.45, 2.75) is 24.5 Å². The highest BCUT2D eigenvalue weighted by Crippen LogP contribution is 2.40. The van der Waals surface area contributed by atoms with Gasteiger partial charge in [-0.15, -0.1) is 0 Å². The fraction of sp³-hybridized carbons (Fsp3) is 0.312. The van der Waals surface area contributed by atoms with E-state index in [2.05, 4.69) is 15.0 Å². The van der Waals surface area contributed by atoms with Crippen LogP contribution in [0.2, 0.25) is 0 Å². The van der Waals surface area contributed by atoms with E-state index in [-0.39, 0.29) is 10.8 Å². The fourth-order valence-electron chi connectivity index (χ4n) is 2.77. The van der Waals surface area contributed by atoms with Crippen molar-refractivity contribution in [3.05, 3.63) is 79.4 Å². The quantitative estimate of drug-likeness (QED) is 0.173. The number of alkyl halides is 1. The third-order valence-electron chi connectivity index (χ3n) is 4.01. The first kappa shape index (κ1) is 19.1. The second-order valence-corrected chi connectivity index (χ2v) is 6.57. The monoisotopic (exact) mass is 483 g/mol. The largest absolute Gasteiger partial charge is 0.454 e. The SMILES string of the molecule is [N-]=[N+]=N[C@@]1(CI)C[C@@H](OC(=O)c2ccccc2)[C@H](n2ccc(=O)[nH]c2=O)O1. The van der Waals surface area contributed by atoms with Gasteiger partial charge in [0.05, 0.1) is 5.56 Å². The van der Waals surface area contributed by atoms with Crippen LogP contribution in [0, 0.1) is 0 Å². The highest BCUT2D eigenvalue weighted by atomic mass is 127. The van der Waals surface area contributed by atoms with Gasteiger partial charge in [-0.25, -0.2) is 9.59 Å². The zero-order valence-corrected chi connectivity index (χ0v) is 16.0. The van der Waals surface area contributed by atoms with Gasteiger partial charge in [-0.1, -0.05) is 45.9 Å². The van der Waals surface area contributed by atoms with E-state index in [1.54, 1.807) is 30.3 Å². The summed E-state index contributed by atoms with van der Waals surface area (Å²) in [5.74, 6) is -0.600. The van der Waals surface area contributed by atoms with E-state index in [9.17, 15) is 14.4 Å². The molecule has 0 saturated carbocycles. The lowest BCUT2D eigenvalue weighted by atomic mass is 10.1. The summed E-state index contributed by atoms with van der Waals surface area (Å²) in [5, 5.41) is 3.70. The highest BCUT2D eigenvalue weighted by Gasteiger charge is 2.49. The molecule has 140 valence electrons. The number of azide groups is 1. The number of halogens is 1. The number of nitrogens with one attached hydrogen (secondary N) is 1. The number of nitrogens with zero attached hydrogens (tertiary/aromatic N) is 4. The predicted molar refractivity (Wildman–Crippen MR) is 102 cm³/mol. The van der Waals surface area contributed by atoms with Crippen LogP contribution in [-0.2, 0) is 9.47 Å². The number of hydrogen-bond donors (Lipinski definition) is 1. The Morgan fingerprint density at radius 2 is 2.15 bits per heavy atom. The molecule has 0 amide bonds. The number of rotatable bonds is 5. The number of aromatic nitrogens is 2. The van der Waals surface area contributed by atoms with Gasteiger partial charge < -0.3 is 9.47 Å². The Bertz CT molecular complexity index is 1000. The van der Waals surface area contributed by atoms with E-state index < -0.39 is 35.3 Å². The van der Waals surface area contributed by atoms with Crippen LogP contribution in [-0.4, -0.2) is 31.8 Å². The van der Waals surface area contributed by atoms with Crippen LogP contribution in [0.1, 0.15) is 23.0 Å². The molecule has 3 rings (SSSR count). The van der Waals surface area contributed by atoms with Gasteiger partial charge in [0.1, 0.15) is 0 Å².